The molecule has 3 heterocycles. The standard InChI is InChI=1S/C28H39N5O5/c1-17(2)15-21(29-26(36)19-8-10-20(11-9-19)30(4)5)27(37)32-14-12-22-25(32)24(35)16-33(22)28(38)23-7-6-13-31(23)18(3)34/h8-11,17,21-23,25H,6-7,12-16H2,1-5H3,(H,29,36)/t21-,22?,23-,25-/m0/s1. The molecular weight excluding hydrogens is 486 g/mol. The van der Waals surface area contributed by atoms with Crippen molar-refractivity contribution in [1.82, 2.24) is 20.0 Å². The van der Waals surface area contributed by atoms with Crippen molar-refractivity contribution >= 4 is 35.1 Å². The Hall–Kier alpha value is -3.43. The van der Waals surface area contributed by atoms with Gasteiger partial charge in [-0.25, -0.2) is 0 Å². The maximum absolute atomic E-state index is 13.7. The van der Waals surface area contributed by atoms with E-state index in [1.807, 2.05) is 45.0 Å². The molecule has 3 aliphatic heterocycles. The zero-order valence-electron chi connectivity index (χ0n) is 23.0. The first-order valence-electron chi connectivity index (χ1n) is 13.5. The second kappa shape index (κ2) is 11.1. The number of hydrogen-bond acceptors (Lipinski definition) is 6. The molecule has 3 fully saturated rings. The highest BCUT2D eigenvalue weighted by Gasteiger charge is 2.53. The Morgan fingerprint density at radius 3 is 2.29 bits per heavy atom. The van der Waals surface area contributed by atoms with Gasteiger partial charge in [-0.15, -0.1) is 0 Å². The fourth-order valence-corrected chi connectivity index (χ4v) is 6.00. The van der Waals surface area contributed by atoms with Gasteiger partial charge in [0.15, 0.2) is 5.78 Å². The Morgan fingerprint density at radius 1 is 1.00 bits per heavy atom. The second-order valence-electron chi connectivity index (χ2n) is 11.2. The Morgan fingerprint density at radius 2 is 1.68 bits per heavy atom. The van der Waals surface area contributed by atoms with Crippen LogP contribution in [0.25, 0.3) is 0 Å². The third-order valence-corrected chi connectivity index (χ3v) is 7.89. The largest absolute Gasteiger partial charge is 0.378 e. The van der Waals surface area contributed by atoms with Crippen LogP contribution < -0.4 is 10.2 Å². The molecule has 0 aromatic heterocycles. The van der Waals surface area contributed by atoms with Crippen molar-refractivity contribution in [2.24, 2.45) is 5.92 Å². The highest BCUT2D eigenvalue weighted by atomic mass is 16.2. The van der Waals surface area contributed by atoms with Crippen LogP contribution >= 0.6 is 0 Å². The monoisotopic (exact) mass is 525 g/mol. The van der Waals surface area contributed by atoms with E-state index in [0.717, 1.165) is 12.1 Å². The zero-order valence-corrected chi connectivity index (χ0v) is 23.0. The van der Waals surface area contributed by atoms with Gasteiger partial charge in [-0.1, -0.05) is 13.8 Å². The number of anilines is 1. The SMILES string of the molecule is CC(=O)N1CCC[C@H]1C(=O)N1CC(=O)[C@@H]2C1CCN2C(=O)[C@H](CC(C)C)NC(=O)c1ccc(N(C)C)cc1. The molecule has 0 saturated carbocycles. The zero-order chi connectivity index (χ0) is 27.7. The number of amides is 4. The Balaban J connectivity index is 1.48. The summed E-state index contributed by atoms with van der Waals surface area (Å²) in [7, 11) is 3.84. The Bertz CT molecular complexity index is 1100. The van der Waals surface area contributed by atoms with Crippen molar-refractivity contribution in [3.8, 4) is 0 Å². The number of carbonyl (C=O) groups excluding carboxylic acids is 5. The number of rotatable bonds is 7. The summed E-state index contributed by atoms with van der Waals surface area (Å²) >= 11 is 0. The van der Waals surface area contributed by atoms with E-state index < -0.39 is 24.2 Å². The van der Waals surface area contributed by atoms with Gasteiger partial charge in [-0.05, 0) is 55.9 Å². The lowest BCUT2D eigenvalue weighted by molar-refractivity contribution is -0.143. The molecule has 0 bridgehead atoms. The van der Waals surface area contributed by atoms with Crippen LogP contribution in [0.15, 0.2) is 24.3 Å². The molecule has 1 aromatic rings. The van der Waals surface area contributed by atoms with Gasteiger partial charge >= 0.3 is 0 Å². The molecule has 0 spiro atoms. The number of ketones is 1. The maximum Gasteiger partial charge on any atom is 0.251 e. The van der Waals surface area contributed by atoms with Crippen LogP contribution in [-0.2, 0) is 19.2 Å². The van der Waals surface area contributed by atoms with Gasteiger partial charge in [0.05, 0.1) is 12.6 Å². The van der Waals surface area contributed by atoms with E-state index in [0.29, 0.717) is 37.9 Å². The van der Waals surface area contributed by atoms with Crippen LogP contribution in [0.2, 0.25) is 0 Å². The normalized spacial score (nSPS) is 23.6. The minimum Gasteiger partial charge on any atom is -0.378 e. The molecule has 10 nitrogen and oxygen atoms in total. The average molecular weight is 526 g/mol. The summed E-state index contributed by atoms with van der Waals surface area (Å²) in [6.45, 7) is 6.25. The molecule has 1 unspecified atom stereocenters. The average Bonchev–Trinajstić information content (AvgIpc) is 3.59. The fourth-order valence-electron chi connectivity index (χ4n) is 6.00. The van der Waals surface area contributed by atoms with E-state index in [4.69, 9.17) is 0 Å². The molecule has 1 N–H and O–H groups in total. The molecule has 4 atom stereocenters. The lowest BCUT2D eigenvalue weighted by Gasteiger charge is -2.31. The van der Waals surface area contributed by atoms with Crippen LogP contribution in [0.4, 0.5) is 5.69 Å². The van der Waals surface area contributed by atoms with Crippen molar-refractivity contribution < 1.29 is 24.0 Å². The summed E-state index contributed by atoms with van der Waals surface area (Å²) in [5, 5.41) is 2.90. The van der Waals surface area contributed by atoms with Crippen LogP contribution in [0, 0.1) is 5.92 Å². The number of nitrogens with one attached hydrogen (secondary N) is 1. The molecule has 3 saturated heterocycles. The predicted octanol–water partition coefficient (Wildman–Crippen LogP) is 1.29. The maximum atomic E-state index is 13.7. The molecule has 38 heavy (non-hydrogen) atoms. The van der Waals surface area contributed by atoms with Gasteiger partial charge in [0.25, 0.3) is 5.91 Å². The lowest BCUT2D eigenvalue weighted by atomic mass is 10.0. The van der Waals surface area contributed by atoms with Gasteiger partial charge < -0.3 is 24.9 Å². The first-order valence-corrected chi connectivity index (χ1v) is 13.5. The fraction of sp³-hybridized carbons (Fsp3) is 0.607. The number of benzene rings is 1. The number of nitrogens with zero attached hydrogens (tertiary/aromatic N) is 4. The van der Waals surface area contributed by atoms with E-state index in [1.54, 1.807) is 26.8 Å². The predicted molar refractivity (Wildman–Crippen MR) is 143 cm³/mol. The van der Waals surface area contributed by atoms with E-state index >= 15 is 0 Å². The highest BCUT2D eigenvalue weighted by Crippen LogP contribution is 2.33. The highest BCUT2D eigenvalue weighted by molar-refractivity contribution is 6.01. The number of fused-ring (bicyclic) bond motifs is 1. The molecule has 206 valence electrons. The topological polar surface area (TPSA) is 110 Å². The van der Waals surface area contributed by atoms with E-state index in [9.17, 15) is 24.0 Å². The minimum absolute atomic E-state index is 0.0559. The van der Waals surface area contributed by atoms with Crippen LogP contribution in [0.3, 0.4) is 0 Å². The van der Waals surface area contributed by atoms with Crippen LogP contribution in [0.1, 0.15) is 56.8 Å². The number of hydrogen-bond donors (Lipinski definition) is 1. The van der Waals surface area contributed by atoms with Gasteiger partial charge in [0.2, 0.25) is 17.7 Å². The molecule has 4 rings (SSSR count). The molecule has 0 radical (unpaired) electrons. The molecule has 10 heteroatoms. The molecule has 3 aliphatic rings. The summed E-state index contributed by atoms with van der Waals surface area (Å²) in [4.78, 5) is 72.0. The number of carbonyl (C=O) groups is 5. The van der Waals surface area contributed by atoms with Crippen molar-refractivity contribution in [2.75, 3.05) is 38.6 Å². The van der Waals surface area contributed by atoms with Crippen LogP contribution in [-0.4, -0.2) is 102 Å². The second-order valence-corrected chi connectivity index (χ2v) is 11.2. The van der Waals surface area contributed by atoms with Gasteiger partial charge in [-0.3, -0.25) is 24.0 Å². The molecule has 4 amide bonds. The summed E-state index contributed by atoms with van der Waals surface area (Å²) in [6, 6.07) is 4.70. The van der Waals surface area contributed by atoms with E-state index in [2.05, 4.69) is 5.32 Å². The molecular formula is C28H39N5O5. The smallest absolute Gasteiger partial charge is 0.251 e. The quantitative estimate of drug-likeness (QED) is 0.575. The number of likely N-dealkylation sites (tertiary alicyclic amines) is 3. The summed E-state index contributed by atoms with van der Waals surface area (Å²) in [5.74, 6) is -1.02. The minimum atomic E-state index is -0.782. The van der Waals surface area contributed by atoms with Crippen molar-refractivity contribution in [3.63, 3.8) is 0 Å². The molecule has 0 aliphatic carbocycles. The summed E-state index contributed by atoms with van der Waals surface area (Å²) < 4.78 is 0. The summed E-state index contributed by atoms with van der Waals surface area (Å²) in [5.41, 5.74) is 1.42. The summed E-state index contributed by atoms with van der Waals surface area (Å²) in [6.07, 6.45) is 2.27. The van der Waals surface area contributed by atoms with Gasteiger partial charge in [-0.2, -0.15) is 0 Å². The molecule has 1 aromatic carbocycles. The first kappa shape index (κ1) is 27.6. The van der Waals surface area contributed by atoms with E-state index in [-0.39, 0.29) is 41.9 Å². The van der Waals surface area contributed by atoms with Crippen molar-refractivity contribution in [3.05, 3.63) is 29.8 Å². The number of Topliss-reactive ketones (excluding diaryl/α,β-unsaturated/α-hetero) is 1. The van der Waals surface area contributed by atoms with Gasteiger partial charge in [0, 0.05) is 45.4 Å². The van der Waals surface area contributed by atoms with Crippen molar-refractivity contribution in [2.45, 2.75) is 70.6 Å². The first-order chi connectivity index (χ1) is 18.0. The third kappa shape index (κ3) is 5.39. The van der Waals surface area contributed by atoms with Crippen LogP contribution in [0.5, 0.6) is 0 Å². The Labute approximate surface area is 224 Å². The van der Waals surface area contributed by atoms with Gasteiger partial charge in [0.1, 0.15) is 18.1 Å². The third-order valence-electron chi connectivity index (χ3n) is 7.89. The van der Waals surface area contributed by atoms with E-state index in [1.165, 1.54) is 6.92 Å². The van der Waals surface area contributed by atoms with Crippen molar-refractivity contribution in [1.29, 1.82) is 0 Å². The Kier molecular flexibility index (Phi) is 8.08. The lowest BCUT2D eigenvalue weighted by Crippen LogP contribution is -2.53.